The van der Waals surface area contributed by atoms with Gasteiger partial charge in [-0.2, -0.15) is 0 Å². The van der Waals surface area contributed by atoms with Gasteiger partial charge in [-0.1, -0.05) is 218 Å². The number of para-hydroxylation sites is 2. The summed E-state index contributed by atoms with van der Waals surface area (Å²) in [5.41, 5.74) is 19.5. The summed E-state index contributed by atoms with van der Waals surface area (Å²) in [7, 11) is 0. The molecule has 2 heterocycles. The smallest absolute Gasteiger partial charge is 0.0557 e. The summed E-state index contributed by atoms with van der Waals surface area (Å²) < 4.78 is 0. The molecular formula is C60H42N2. The molecule has 0 unspecified atom stereocenters. The van der Waals surface area contributed by atoms with Crippen molar-refractivity contribution in [3.63, 3.8) is 0 Å². The van der Waals surface area contributed by atoms with Gasteiger partial charge in [0.1, 0.15) is 0 Å². The summed E-state index contributed by atoms with van der Waals surface area (Å²) in [6, 6.07) is 86.2. The average Bonchev–Trinajstić information content (AvgIpc) is 3.94. The maximum atomic E-state index is 3.77. The fourth-order valence-corrected chi connectivity index (χ4v) is 9.26. The van der Waals surface area contributed by atoms with Gasteiger partial charge < -0.3 is 9.97 Å². The third kappa shape index (κ3) is 6.65. The van der Waals surface area contributed by atoms with Crippen LogP contribution in [0.3, 0.4) is 0 Å². The van der Waals surface area contributed by atoms with Crippen LogP contribution in [-0.4, -0.2) is 9.97 Å². The second-order valence-corrected chi connectivity index (χ2v) is 15.7. The number of fused-ring (bicyclic) bond motifs is 6. The number of aromatic nitrogens is 2. The van der Waals surface area contributed by atoms with Crippen LogP contribution >= 0.6 is 0 Å². The van der Waals surface area contributed by atoms with Crippen molar-refractivity contribution in [2.24, 2.45) is 0 Å². The molecule has 0 atom stereocenters. The molecular weight excluding hydrogens is 749 g/mol. The number of hydrogen-bond acceptors (Lipinski definition) is 0. The first-order chi connectivity index (χ1) is 30.8. The molecule has 0 saturated heterocycles. The number of aromatic amines is 2. The molecule has 0 fully saturated rings. The Bertz CT molecular complexity index is 3220. The molecule has 292 valence electrons. The summed E-state index contributed by atoms with van der Waals surface area (Å²) >= 11 is 0. The molecule has 2 aromatic heterocycles. The van der Waals surface area contributed by atoms with Crippen LogP contribution < -0.4 is 0 Å². The normalized spacial score (nSPS) is 11.2. The Morgan fingerprint density at radius 2 is 0.484 bits per heavy atom. The zero-order chi connectivity index (χ0) is 41.2. The molecule has 62 heavy (non-hydrogen) atoms. The maximum Gasteiger partial charge on any atom is 0.0557 e. The standard InChI is InChI=1S/2C30H21N/c2*1-4-12-21(13-5-1)25-20-26(22-14-6-2-7-15-22)29-24-18-10-11-19-27(24)31-30(29)28(25)23-16-8-3-9-17-23/h2*1-20,31H. The van der Waals surface area contributed by atoms with E-state index in [2.05, 4.69) is 253 Å². The van der Waals surface area contributed by atoms with Gasteiger partial charge in [0.25, 0.3) is 0 Å². The van der Waals surface area contributed by atoms with Gasteiger partial charge in [0.15, 0.2) is 0 Å². The quantitative estimate of drug-likeness (QED) is 0.168. The van der Waals surface area contributed by atoms with Crippen LogP contribution in [0, 0.1) is 0 Å². The Balaban J connectivity index is 0.000000139. The first kappa shape index (κ1) is 36.8. The van der Waals surface area contributed by atoms with E-state index in [1.165, 1.54) is 99.3 Å². The number of benzene rings is 10. The fraction of sp³-hybridized carbons (Fsp3) is 0. The molecule has 2 nitrogen and oxygen atoms in total. The lowest BCUT2D eigenvalue weighted by Crippen LogP contribution is -1.91. The van der Waals surface area contributed by atoms with E-state index in [-0.39, 0.29) is 0 Å². The predicted molar refractivity (Wildman–Crippen MR) is 264 cm³/mol. The molecule has 12 rings (SSSR count). The van der Waals surface area contributed by atoms with Crippen LogP contribution in [-0.2, 0) is 0 Å². The average molecular weight is 791 g/mol. The molecule has 0 bridgehead atoms. The highest BCUT2D eigenvalue weighted by molar-refractivity contribution is 6.22. The molecule has 2 heteroatoms. The Morgan fingerprint density at radius 3 is 0.806 bits per heavy atom. The zero-order valence-electron chi connectivity index (χ0n) is 34.1. The van der Waals surface area contributed by atoms with E-state index in [1.807, 2.05) is 0 Å². The van der Waals surface area contributed by atoms with Gasteiger partial charge in [-0.25, -0.2) is 0 Å². The van der Waals surface area contributed by atoms with E-state index in [0.29, 0.717) is 0 Å². The minimum atomic E-state index is 1.16. The molecule has 12 aromatic rings. The lowest BCUT2D eigenvalue weighted by atomic mass is 9.87. The van der Waals surface area contributed by atoms with Crippen LogP contribution in [0.15, 0.2) is 243 Å². The highest BCUT2D eigenvalue weighted by Crippen LogP contribution is 2.47. The minimum absolute atomic E-state index is 1.16. The largest absolute Gasteiger partial charge is 0.354 e. The van der Waals surface area contributed by atoms with Crippen molar-refractivity contribution in [3.8, 4) is 66.8 Å². The highest BCUT2D eigenvalue weighted by Gasteiger charge is 2.21. The number of H-pyrrole nitrogens is 2. The Labute approximate surface area is 361 Å². The molecule has 0 aliphatic heterocycles. The number of hydrogen-bond donors (Lipinski definition) is 2. The lowest BCUT2D eigenvalue weighted by Gasteiger charge is -2.16. The van der Waals surface area contributed by atoms with Crippen LogP contribution in [0.1, 0.15) is 0 Å². The molecule has 0 aliphatic carbocycles. The number of rotatable bonds is 6. The molecule has 0 spiro atoms. The van der Waals surface area contributed by atoms with Crippen LogP contribution in [0.25, 0.3) is 110 Å². The third-order valence-electron chi connectivity index (χ3n) is 12.0. The third-order valence-corrected chi connectivity index (χ3v) is 12.0. The SMILES string of the molecule is c1ccc(-c2cc(-c3ccccc3)c3c([nH]c4ccccc43)c2-c2ccccc2)cc1.c1ccc(-c2cc(-c3ccccc3)c3c([nH]c4ccccc43)c2-c2ccccc2)cc1. The van der Waals surface area contributed by atoms with Crippen LogP contribution in [0.5, 0.6) is 0 Å². The van der Waals surface area contributed by atoms with Gasteiger partial charge in [0.05, 0.1) is 11.0 Å². The fourth-order valence-electron chi connectivity index (χ4n) is 9.26. The predicted octanol–water partition coefficient (Wildman–Crippen LogP) is 16.6. The lowest BCUT2D eigenvalue weighted by molar-refractivity contribution is 1.52. The second kappa shape index (κ2) is 16.1. The van der Waals surface area contributed by atoms with E-state index in [4.69, 9.17) is 0 Å². The second-order valence-electron chi connectivity index (χ2n) is 15.7. The van der Waals surface area contributed by atoms with Crippen molar-refractivity contribution in [1.82, 2.24) is 9.97 Å². The van der Waals surface area contributed by atoms with Crippen LogP contribution in [0.4, 0.5) is 0 Å². The summed E-state index contributed by atoms with van der Waals surface area (Å²) in [5.74, 6) is 0. The molecule has 0 amide bonds. The maximum absolute atomic E-state index is 3.77. The van der Waals surface area contributed by atoms with Crippen molar-refractivity contribution in [2.45, 2.75) is 0 Å². The van der Waals surface area contributed by atoms with E-state index >= 15 is 0 Å². The topological polar surface area (TPSA) is 31.6 Å². The van der Waals surface area contributed by atoms with Crippen molar-refractivity contribution in [2.75, 3.05) is 0 Å². The molecule has 0 aliphatic rings. The summed E-state index contributed by atoms with van der Waals surface area (Å²) in [6.45, 7) is 0. The van der Waals surface area contributed by atoms with Gasteiger partial charge in [0, 0.05) is 43.7 Å². The van der Waals surface area contributed by atoms with Gasteiger partial charge in [-0.3, -0.25) is 0 Å². The van der Waals surface area contributed by atoms with Crippen molar-refractivity contribution >= 4 is 43.6 Å². The minimum Gasteiger partial charge on any atom is -0.354 e. The number of nitrogens with one attached hydrogen (secondary N) is 2. The van der Waals surface area contributed by atoms with Gasteiger partial charge in [0.2, 0.25) is 0 Å². The van der Waals surface area contributed by atoms with E-state index < -0.39 is 0 Å². The summed E-state index contributed by atoms with van der Waals surface area (Å²) in [5, 5.41) is 5.07. The first-order valence-corrected chi connectivity index (χ1v) is 21.3. The van der Waals surface area contributed by atoms with E-state index in [0.717, 1.165) is 11.0 Å². The Hall–Kier alpha value is -8.20. The first-order valence-electron chi connectivity index (χ1n) is 21.3. The molecule has 0 saturated carbocycles. The van der Waals surface area contributed by atoms with E-state index in [1.54, 1.807) is 0 Å². The van der Waals surface area contributed by atoms with Crippen molar-refractivity contribution in [3.05, 3.63) is 243 Å². The van der Waals surface area contributed by atoms with Gasteiger partial charge in [-0.15, -0.1) is 0 Å². The highest BCUT2D eigenvalue weighted by atomic mass is 14.7. The van der Waals surface area contributed by atoms with Gasteiger partial charge in [-0.05, 0) is 79.9 Å². The Kier molecular flexibility index (Phi) is 9.57. The van der Waals surface area contributed by atoms with Crippen LogP contribution in [0.2, 0.25) is 0 Å². The zero-order valence-corrected chi connectivity index (χ0v) is 34.1. The van der Waals surface area contributed by atoms with Crippen molar-refractivity contribution < 1.29 is 0 Å². The molecule has 10 aromatic carbocycles. The monoisotopic (exact) mass is 790 g/mol. The Morgan fingerprint density at radius 1 is 0.226 bits per heavy atom. The summed E-state index contributed by atoms with van der Waals surface area (Å²) in [6.07, 6.45) is 0. The molecule has 0 radical (unpaired) electrons. The summed E-state index contributed by atoms with van der Waals surface area (Å²) in [4.78, 5) is 7.53. The van der Waals surface area contributed by atoms with E-state index in [9.17, 15) is 0 Å². The van der Waals surface area contributed by atoms with Gasteiger partial charge >= 0.3 is 0 Å². The molecule has 2 N–H and O–H groups in total. The van der Waals surface area contributed by atoms with Crippen molar-refractivity contribution in [1.29, 1.82) is 0 Å².